The topological polar surface area (TPSA) is 35.5 Å². The van der Waals surface area contributed by atoms with Crippen molar-refractivity contribution in [2.75, 3.05) is 0 Å². The highest BCUT2D eigenvalue weighted by atomic mass is 79.9. The zero-order chi connectivity index (χ0) is 20.9. The van der Waals surface area contributed by atoms with E-state index in [1.54, 1.807) is 13.8 Å². The Hall–Kier alpha value is -0.953. The molecule has 1 aliphatic heterocycles. The molecule has 1 heterocycles. The first kappa shape index (κ1) is 22.3. The molecule has 0 spiro atoms. The van der Waals surface area contributed by atoms with Crippen LogP contribution < -0.4 is 9.16 Å². The number of carbonyl (C=O) groups excluding carboxylic acids is 1. The highest BCUT2D eigenvalue weighted by Crippen LogP contribution is 2.47. The number of hydrogen-bond donors (Lipinski definition) is 0. The smallest absolute Gasteiger partial charge is 0.259 e. The number of carbonyl (C=O) groups is 1. The Morgan fingerprint density at radius 1 is 1.11 bits per heavy atom. The van der Waals surface area contributed by atoms with Crippen LogP contribution in [-0.4, -0.2) is 24.5 Å². The van der Waals surface area contributed by atoms with Crippen LogP contribution in [0.15, 0.2) is 6.07 Å². The molecule has 0 N–H and O–H groups in total. The van der Waals surface area contributed by atoms with Gasteiger partial charge in [0.15, 0.2) is 23.1 Å². The van der Waals surface area contributed by atoms with Gasteiger partial charge in [0, 0.05) is 0 Å². The Balaban J connectivity index is 2.66. The van der Waals surface area contributed by atoms with E-state index in [2.05, 4.69) is 15.9 Å². The van der Waals surface area contributed by atoms with Gasteiger partial charge in [-0.3, -0.25) is 4.79 Å². The van der Waals surface area contributed by atoms with Crippen molar-refractivity contribution in [3.8, 4) is 11.5 Å². The Kier molecular flexibility index (Phi) is 6.18. The molecule has 0 bridgehead atoms. The van der Waals surface area contributed by atoms with Gasteiger partial charge in [0.05, 0.1) is 5.56 Å². The largest absolute Gasteiger partial charge is 0.539 e. The van der Waals surface area contributed by atoms with Crippen LogP contribution in [0.5, 0.6) is 11.5 Å². The molecule has 3 nitrogen and oxygen atoms in total. The summed E-state index contributed by atoms with van der Waals surface area (Å²) in [5, 5.41) is 0. The average Bonchev–Trinajstić information content (AvgIpc) is 2.53. The van der Waals surface area contributed by atoms with Crippen LogP contribution in [0.25, 0.3) is 0 Å². The molecule has 152 valence electrons. The molecule has 0 aliphatic carbocycles. The number of alkyl halides is 1. The number of ketones is 1. The summed E-state index contributed by atoms with van der Waals surface area (Å²) in [5.74, 6) is -2.83. The van der Waals surface area contributed by atoms with E-state index < -0.39 is 41.9 Å². The Labute approximate surface area is 170 Å². The van der Waals surface area contributed by atoms with Crippen molar-refractivity contribution in [1.29, 1.82) is 0 Å². The number of rotatable bonds is 5. The van der Waals surface area contributed by atoms with E-state index in [0.29, 0.717) is 0 Å². The molecule has 1 aliphatic rings. The number of halogens is 3. The van der Waals surface area contributed by atoms with E-state index in [9.17, 15) is 9.18 Å². The van der Waals surface area contributed by atoms with Gasteiger partial charge in [0.2, 0.25) is 5.82 Å². The quantitative estimate of drug-likeness (QED) is 0.363. The van der Waals surface area contributed by atoms with Crippen molar-refractivity contribution in [1.82, 2.24) is 0 Å². The minimum absolute atomic E-state index is 0.0931. The van der Waals surface area contributed by atoms with Gasteiger partial charge in [-0.2, -0.15) is 4.39 Å². The summed E-state index contributed by atoms with van der Waals surface area (Å²) in [6.45, 7) is 15.6. The lowest BCUT2D eigenvalue weighted by Gasteiger charge is -2.42. The molecule has 0 radical (unpaired) electrons. The molecule has 7 heteroatoms. The fraction of sp³-hybridized carbons (Fsp3) is 0.650. The summed E-state index contributed by atoms with van der Waals surface area (Å²) < 4.78 is 42.2. The molecule has 0 fully saturated rings. The molecule has 0 saturated heterocycles. The van der Waals surface area contributed by atoms with Crippen molar-refractivity contribution >= 4 is 30.0 Å². The molecule has 0 saturated carbocycles. The summed E-state index contributed by atoms with van der Waals surface area (Å²) in [6.07, 6.45) is 0. The predicted molar refractivity (Wildman–Crippen MR) is 110 cm³/mol. The fourth-order valence-electron chi connectivity index (χ4n) is 4.26. The molecule has 1 atom stereocenters. The number of hydrogen-bond acceptors (Lipinski definition) is 3. The zero-order valence-corrected chi connectivity index (χ0v) is 19.8. The lowest BCUT2D eigenvalue weighted by molar-refractivity contribution is 0.0638. The van der Waals surface area contributed by atoms with Crippen LogP contribution in [0.1, 0.15) is 65.7 Å². The van der Waals surface area contributed by atoms with Crippen molar-refractivity contribution in [3.05, 3.63) is 23.3 Å². The van der Waals surface area contributed by atoms with Gasteiger partial charge < -0.3 is 9.16 Å². The lowest BCUT2D eigenvalue weighted by atomic mass is 9.92. The minimum Gasteiger partial charge on any atom is -0.539 e. The van der Waals surface area contributed by atoms with Crippen molar-refractivity contribution in [2.24, 2.45) is 0 Å². The van der Waals surface area contributed by atoms with Gasteiger partial charge in [0.1, 0.15) is 10.4 Å². The normalized spacial score (nSPS) is 19.5. The highest BCUT2D eigenvalue weighted by Gasteiger charge is 2.49. The SMILES string of the molecule is CC(C)[Si](Oc1c(F)cc2c(c1F)OC(C)(C)C(Br)C2=O)(C(C)C)C(C)C. The Morgan fingerprint density at radius 3 is 2.04 bits per heavy atom. The molecule has 1 aromatic carbocycles. The first-order valence-electron chi connectivity index (χ1n) is 9.35. The molecular formula is C20H29BrF2O3Si. The fourth-order valence-corrected chi connectivity index (χ4v) is 9.85. The third-order valence-corrected chi connectivity index (χ3v) is 13.1. The number of ether oxygens (including phenoxy) is 1. The summed E-state index contributed by atoms with van der Waals surface area (Å²) in [4.78, 5) is 11.9. The van der Waals surface area contributed by atoms with E-state index in [1.807, 2.05) is 41.5 Å². The minimum atomic E-state index is -2.57. The summed E-state index contributed by atoms with van der Waals surface area (Å²) in [5.41, 5.74) is -0.595. The van der Waals surface area contributed by atoms with Gasteiger partial charge in [-0.05, 0) is 36.5 Å². The van der Waals surface area contributed by atoms with E-state index in [-0.39, 0.29) is 27.9 Å². The van der Waals surface area contributed by atoms with Crippen molar-refractivity contribution in [3.63, 3.8) is 0 Å². The first-order valence-corrected chi connectivity index (χ1v) is 12.4. The van der Waals surface area contributed by atoms with Crippen LogP contribution in [0.3, 0.4) is 0 Å². The second-order valence-electron chi connectivity index (χ2n) is 8.73. The van der Waals surface area contributed by atoms with Crippen LogP contribution in [-0.2, 0) is 0 Å². The summed E-state index contributed by atoms with van der Waals surface area (Å²) in [7, 11) is -2.57. The van der Waals surface area contributed by atoms with Crippen molar-refractivity contribution < 1.29 is 22.7 Å². The monoisotopic (exact) mass is 462 g/mol. The molecule has 1 unspecified atom stereocenters. The van der Waals surface area contributed by atoms with Crippen LogP contribution in [0.4, 0.5) is 8.78 Å². The average molecular weight is 463 g/mol. The van der Waals surface area contributed by atoms with E-state index in [0.717, 1.165) is 6.07 Å². The van der Waals surface area contributed by atoms with Crippen LogP contribution >= 0.6 is 15.9 Å². The predicted octanol–water partition coefficient (Wildman–Crippen LogP) is 6.64. The van der Waals surface area contributed by atoms with Gasteiger partial charge >= 0.3 is 0 Å². The standard InChI is InChI=1S/C20H29BrF2O3Si/c1-10(2)27(11(3)4,12(5)6)26-18-14(22)9-13-16(24)19(21)20(7,8)25-17(13)15(18)23/h9-12,19H,1-8H3. The molecule has 0 amide bonds. The molecule has 2 rings (SSSR count). The number of fused-ring (bicyclic) bond motifs is 1. The number of Topliss-reactive ketones (excluding diaryl/α,β-unsaturated/α-hetero) is 1. The maximum Gasteiger partial charge on any atom is 0.259 e. The first-order chi connectivity index (χ1) is 12.3. The maximum absolute atomic E-state index is 15.3. The third-order valence-electron chi connectivity index (χ3n) is 5.59. The van der Waals surface area contributed by atoms with E-state index in [1.165, 1.54) is 0 Å². The Morgan fingerprint density at radius 2 is 1.59 bits per heavy atom. The highest BCUT2D eigenvalue weighted by molar-refractivity contribution is 9.10. The van der Waals surface area contributed by atoms with E-state index in [4.69, 9.17) is 9.16 Å². The molecule has 0 aromatic heterocycles. The van der Waals surface area contributed by atoms with Crippen LogP contribution in [0.2, 0.25) is 16.6 Å². The van der Waals surface area contributed by atoms with Gasteiger partial charge in [-0.1, -0.05) is 57.5 Å². The van der Waals surface area contributed by atoms with Gasteiger partial charge in [-0.15, -0.1) is 0 Å². The maximum atomic E-state index is 15.3. The lowest BCUT2D eigenvalue weighted by Crippen LogP contribution is -2.51. The zero-order valence-electron chi connectivity index (χ0n) is 17.2. The van der Waals surface area contributed by atoms with Gasteiger partial charge in [0.25, 0.3) is 8.32 Å². The third kappa shape index (κ3) is 3.57. The molecule has 27 heavy (non-hydrogen) atoms. The molecule has 1 aromatic rings. The van der Waals surface area contributed by atoms with Gasteiger partial charge in [-0.25, -0.2) is 4.39 Å². The Bertz CT molecular complexity index is 725. The second-order valence-corrected chi connectivity index (χ2v) is 15.0. The number of benzene rings is 1. The summed E-state index contributed by atoms with van der Waals surface area (Å²) >= 11 is 3.27. The van der Waals surface area contributed by atoms with Crippen molar-refractivity contribution in [2.45, 2.75) is 82.4 Å². The van der Waals surface area contributed by atoms with Crippen LogP contribution in [0, 0.1) is 11.6 Å². The summed E-state index contributed by atoms with van der Waals surface area (Å²) in [6, 6.07) is 1.04. The molecular weight excluding hydrogens is 434 g/mol. The van der Waals surface area contributed by atoms with E-state index >= 15 is 4.39 Å². The second kappa shape index (κ2) is 7.47.